The maximum atomic E-state index is 12.0. The van der Waals surface area contributed by atoms with Crippen molar-refractivity contribution in [1.82, 2.24) is 10.6 Å². The van der Waals surface area contributed by atoms with Crippen LogP contribution in [0, 0.1) is 5.92 Å². The highest BCUT2D eigenvalue weighted by Gasteiger charge is 2.26. The molecule has 2 N–H and O–H groups in total. The van der Waals surface area contributed by atoms with E-state index in [0.717, 1.165) is 19.4 Å². The number of carbonyl (C=O) groups excluding carboxylic acids is 1. The lowest BCUT2D eigenvalue weighted by molar-refractivity contribution is -0.124. The summed E-state index contributed by atoms with van der Waals surface area (Å²) >= 11 is 0. The SMILES string of the molecule is CCC1CCNC(C(=O)NC(C)CCOC)C1. The molecular weight excluding hydrogens is 216 g/mol. The van der Waals surface area contributed by atoms with Gasteiger partial charge in [-0.2, -0.15) is 0 Å². The number of carbonyl (C=O) groups is 1. The number of methoxy groups -OCH3 is 1. The molecule has 3 atom stereocenters. The Hall–Kier alpha value is -0.610. The van der Waals surface area contributed by atoms with Crippen molar-refractivity contribution < 1.29 is 9.53 Å². The first-order valence-corrected chi connectivity index (χ1v) is 6.70. The van der Waals surface area contributed by atoms with E-state index in [9.17, 15) is 4.79 Å². The summed E-state index contributed by atoms with van der Waals surface area (Å²) in [6.07, 6.45) is 4.20. The van der Waals surface area contributed by atoms with Gasteiger partial charge in [-0.3, -0.25) is 4.79 Å². The monoisotopic (exact) mass is 242 g/mol. The van der Waals surface area contributed by atoms with Crippen LogP contribution in [0.2, 0.25) is 0 Å². The van der Waals surface area contributed by atoms with Gasteiger partial charge in [-0.05, 0) is 38.6 Å². The van der Waals surface area contributed by atoms with Gasteiger partial charge in [0, 0.05) is 19.8 Å². The Morgan fingerprint density at radius 2 is 2.35 bits per heavy atom. The van der Waals surface area contributed by atoms with Gasteiger partial charge in [0.05, 0.1) is 6.04 Å². The minimum Gasteiger partial charge on any atom is -0.385 e. The second kappa shape index (κ2) is 7.67. The fraction of sp³-hybridized carbons (Fsp3) is 0.923. The highest BCUT2D eigenvalue weighted by Crippen LogP contribution is 2.19. The fourth-order valence-electron chi connectivity index (χ4n) is 2.28. The molecule has 0 aromatic heterocycles. The first kappa shape index (κ1) is 14.5. The number of piperidine rings is 1. The molecule has 1 amide bonds. The predicted molar refractivity (Wildman–Crippen MR) is 68.9 cm³/mol. The van der Waals surface area contributed by atoms with Crippen LogP contribution in [0.5, 0.6) is 0 Å². The molecule has 1 aliphatic rings. The predicted octanol–water partition coefficient (Wildman–Crippen LogP) is 1.31. The summed E-state index contributed by atoms with van der Waals surface area (Å²) in [5, 5.41) is 6.35. The van der Waals surface area contributed by atoms with Crippen LogP contribution in [0.25, 0.3) is 0 Å². The van der Waals surface area contributed by atoms with Crippen LogP contribution in [0.15, 0.2) is 0 Å². The van der Waals surface area contributed by atoms with Gasteiger partial charge in [-0.15, -0.1) is 0 Å². The third kappa shape index (κ3) is 5.04. The highest BCUT2D eigenvalue weighted by atomic mass is 16.5. The van der Waals surface area contributed by atoms with Crippen molar-refractivity contribution in [1.29, 1.82) is 0 Å². The lowest BCUT2D eigenvalue weighted by atomic mass is 9.90. The van der Waals surface area contributed by atoms with E-state index in [2.05, 4.69) is 17.6 Å². The summed E-state index contributed by atoms with van der Waals surface area (Å²) in [5.74, 6) is 0.841. The van der Waals surface area contributed by atoms with Gasteiger partial charge in [0.2, 0.25) is 5.91 Å². The summed E-state index contributed by atoms with van der Waals surface area (Å²) < 4.78 is 5.01. The zero-order valence-corrected chi connectivity index (χ0v) is 11.3. The zero-order chi connectivity index (χ0) is 12.7. The zero-order valence-electron chi connectivity index (χ0n) is 11.3. The lowest BCUT2D eigenvalue weighted by Gasteiger charge is -2.29. The van der Waals surface area contributed by atoms with E-state index in [1.807, 2.05) is 6.92 Å². The second-order valence-electron chi connectivity index (χ2n) is 5.00. The Bertz CT molecular complexity index is 233. The van der Waals surface area contributed by atoms with E-state index >= 15 is 0 Å². The minimum atomic E-state index is -0.00121. The maximum absolute atomic E-state index is 12.0. The molecule has 1 heterocycles. The minimum absolute atomic E-state index is 0.00121. The Balaban J connectivity index is 2.31. The molecule has 1 aliphatic heterocycles. The summed E-state index contributed by atoms with van der Waals surface area (Å²) in [6, 6.07) is 0.185. The molecule has 0 aromatic rings. The first-order chi connectivity index (χ1) is 8.17. The van der Waals surface area contributed by atoms with Gasteiger partial charge in [0.1, 0.15) is 0 Å². The molecular formula is C13H26N2O2. The van der Waals surface area contributed by atoms with E-state index < -0.39 is 0 Å². The van der Waals surface area contributed by atoms with Crippen LogP contribution in [-0.2, 0) is 9.53 Å². The van der Waals surface area contributed by atoms with Crippen molar-refractivity contribution in [2.75, 3.05) is 20.3 Å². The summed E-state index contributed by atoms with van der Waals surface area (Å²) in [7, 11) is 1.68. The van der Waals surface area contributed by atoms with Crippen molar-refractivity contribution in [3.63, 3.8) is 0 Å². The molecule has 4 nitrogen and oxygen atoms in total. The molecule has 4 heteroatoms. The van der Waals surface area contributed by atoms with Crippen molar-refractivity contribution in [3.05, 3.63) is 0 Å². The van der Waals surface area contributed by atoms with E-state index in [0.29, 0.717) is 12.5 Å². The van der Waals surface area contributed by atoms with Crippen molar-refractivity contribution in [3.8, 4) is 0 Å². The Kier molecular flexibility index (Phi) is 6.52. The quantitative estimate of drug-likeness (QED) is 0.738. The Morgan fingerprint density at radius 3 is 3.00 bits per heavy atom. The van der Waals surface area contributed by atoms with Gasteiger partial charge in [-0.1, -0.05) is 13.3 Å². The maximum Gasteiger partial charge on any atom is 0.237 e. The second-order valence-corrected chi connectivity index (χ2v) is 5.00. The lowest BCUT2D eigenvalue weighted by Crippen LogP contribution is -2.50. The van der Waals surface area contributed by atoms with Gasteiger partial charge in [-0.25, -0.2) is 0 Å². The molecule has 1 saturated heterocycles. The highest BCUT2D eigenvalue weighted by molar-refractivity contribution is 5.82. The van der Waals surface area contributed by atoms with Crippen LogP contribution in [-0.4, -0.2) is 38.3 Å². The van der Waals surface area contributed by atoms with Crippen LogP contribution in [0.3, 0.4) is 0 Å². The average molecular weight is 242 g/mol. The molecule has 1 rings (SSSR count). The average Bonchev–Trinajstić information content (AvgIpc) is 2.36. The third-order valence-electron chi connectivity index (χ3n) is 3.55. The summed E-state index contributed by atoms with van der Waals surface area (Å²) in [6.45, 7) is 5.88. The number of amides is 1. The number of hydrogen-bond donors (Lipinski definition) is 2. The molecule has 0 bridgehead atoms. The van der Waals surface area contributed by atoms with E-state index in [4.69, 9.17) is 4.74 Å². The van der Waals surface area contributed by atoms with Crippen molar-refractivity contribution in [2.45, 2.75) is 51.6 Å². The molecule has 0 saturated carbocycles. The number of nitrogens with one attached hydrogen (secondary N) is 2. The molecule has 3 unspecified atom stereocenters. The van der Waals surface area contributed by atoms with Crippen LogP contribution >= 0.6 is 0 Å². The fourth-order valence-corrected chi connectivity index (χ4v) is 2.28. The normalized spacial score (nSPS) is 26.5. The van der Waals surface area contributed by atoms with Crippen molar-refractivity contribution in [2.24, 2.45) is 5.92 Å². The van der Waals surface area contributed by atoms with E-state index in [-0.39, 0.29) is 18.0 Å². The molecule has 0 aromatic carbocycles. The van der Waals surface area contributed by atoms with Crippen LogP contribution in [0.4, 0.5) is 0 Å². The molecule has 100 valence electrons. The molecule has 0 radical (unpaired) electrons. The largest absolute Gasteiger partial charge is 0.385 e. The van der Waals surface area contributed by atoms with Gasteiger partial charge in [0.15, 0.2) is 0 Å². The van der Waals surface area contributed by atoms with Crippen molar-refractivity contribution >= 4 is 5.91 Å². The van der Waals surface area contributed by atoms with Gasteiger partial charge >= 0.3 is 0 Å². The summed E-state index contributed by atoms with van der Waals surface area (Å²) in [4.78, 5) is 12.0. The van der Waals surface area contributed by atoms with Gasteiger partial charge in [0.25, 0.3) is 0 Å². The third-order valence-corrected chi connectivity index (χ3v) is 3.55. The standard InChI is InChI=1S/C13H26N2O2/c1-4-11-5-7-14-12(9-11)13(16)15-10(2)6-8-17-3/h10-12,14H,4-9H2,1-3H3,(H,15,16). The van der Waals surface area contributed by atoms with Gasteiger partial charge < -0.3 is 15.4 Å². The summed E-state index contributed by atoms with van der Waals surface area (Å²) in [5.41, 5.74) is 0. The molecule has 17 heavy (non-hydrogen) atoms. The first-order valence-electron chi connectivity index (χ1n) is 6.70. The number of hydrogen-bond acceptors (Lipinski definition) is 3. The molecule has 1 fully saturated rings. The van der Waals surface area contributed by atoms with E-state index in [1.165, 1.54) is 12.8 Å². The van der Waals surface area contributed by atoms with E-state index in [1.54, 1.807) is 7.11 Å². The topological polar surface area (TPSA) is 50.4 Å². The molecule has 0 spiro atoms. The Labute approximate surface area is 104 Å². The number of rotatable bonds is 6. The van der Waals surface area contributed by atoms with Crippen LogP contribution in [0.1, 0.15) is 39.5 Å². The molecule has 0 aliphatic carbocycles. The number of ether oxygens (including phenoxy) is 1. The van der Waals surface area contributed by atoms with Crippen LogP contribution < -0.4 is 10.6 Å². The Morgan fingerprint density at radius 1 is 1.59 bits per heavy atom. The smallest absolute Gasteiger partial charge is 0.237 e.